The first-order valence-electron chi connectivity index (χ1n) is 6.80. The molecule has 1 aromatic carbocycles. The molecule has 2 unspecified atom stereocenters. The molecule has 1 aromatic rings. The van der Waals surface area contributed by atoms with Crippen LogP contribution in [0.15, 0.2) is 17.0 Å². The molecule has 3 nitrogen and oxygen atoms in total. The Hall–Kier alpha value is -0.650. The van der Waals surface area contributed by atoms with Crippen molar-refractivity contribution in [3.63, 3.8) is 0 Å². The lowest BCUT2D eigenvalue weighted by Gasteiger charge is -2.26. The van der Waals surface area contributed by atoms with Gasteiger partial charge in [-0.1, -0.05) is 0 Å². The summed E-state index contributed by atoms with van der Waals surface area (Å²) in [5, 5.41) is 0. The standard InChI is InChI=1S/C14H17ClFNO2S/c1-9-4-13(6-11(7-15)14(9)16)20(18,19)17-8-10-2-3-12(17)5-10/h4,6,10,12H,2-3,5,7-8H2,1H3. The van der Waals surface area contributed by atoms with Gasteiger partial charge in [0.2, 0.25) is 10.0 Å². The predicted octanol–water partition coefficient (Wildman–Crippen LogP) is 3.05. The minimum absolute atomic E-state index is 0.0257. The number of alkyl halides is 1. The Labute approximate surface area is 123 Å². The van der Waals surface area contributed by atoms with Crippen molar-refractivity contribution in [1.82, 2.24) is 4.31 Å². The van der Waals surface area contributed by atoms with Gasteiger partial charge < -0.3 is 0 Å². The third-order valence-electron chi connectivity index (χ3n) is 4.41. The fraction of sp³-hybridized carbons (Fsp3) is 0.571. The normalized spacial score (nSPS) is 26.4. The Balaban J connectivity index is 2.01. The third kappa shape index (κ3) is 2.16. The second-order valence-electron chi connectivity index (χ2n) is 5.75. The van der Waals surface area contributed by atoms with Crippen molar-refractivity contribution in [1.29, 1.82) is 0 Å². The zero-order valence-electron chi connectivity index (χ0n) is 11.3. The summed E-state index contributed by atoms with van der Waals surface area (Å²) in [6.07, 6.45) is 3.01. The maximum atomic E-state index is 13.8. The van der Waals surface area contributed by atoms with E-state index in [0.29, 0.717) is 18.0 Å². The molecule has 0 radical (unpaired) electrons. The Morgan fingerprint density at radius 3 is 2.70 bits per heavy atom. The quantitative estimate of drug-likeness (QED) is 0.804. The number of aryl methyl sites for hydroxylation is 1. The van der Waals surface area contributed by atoms with Crippen LogP contribution >= 0.6 is 11.6 Å². The lowest BCUT2D eigenvalue weighted by atomic mass is 10.1. The Morgan fingerprint density at radius 2 is 2.15 bits per heavy atom. The number of hydrogen-bond donors (Lipinski definition) is 0. The van der Waals surface area contributed by atoms with E-state index in [9.17, 15) is 12.8 Å². The number of nitrogens with zero attached hydrogens (tertiary/aromatic N) is 1. The zero-order chi connectivity index (χ0) is 14.5. The molecule has 0 aromatic heterocycles. The highest BCUT2D eigenvalue weighted by Gasteiger charge is 2.44. The highest BCUT2D eigenvalue weighted by atomic mass is 35.5. The van der Waals surface area contributed by atoms with Gasteiger partial charge in [-0.15, -0.1) is 11.6 Å². The molecule has 0 amide bonds. The number of sulfonamides is 1. The van der Waals surface area contributed by atoms with Crippen molar-refractivity contribution < 1.29 is 12.8 Å². The van der Waals surface area contributed by atoms with Crippen molar-refractivity contribution in [2.24, 2.45) is 5.92 Å². The van der Waals surface area contributed by atoms with Gasteiger partial charge in [-0.2, -0.15) is 4.31 Å². The first-order valence-corrected chi connectivity index (χ1v) is 8.77. The van der Waals surface area contributed by atoms with Gasteiger partial charge in [-0.25, -0.2) is 12.8 Å². The van der Waals surface area contributed by atoms with Crippen LogP contribution in [0.4, 0.5) is 4.39 Å². The van der Waals surface area contributed by atoms with E-state index < -0.39 is 15.8 Å². The van der Waals surface area contributed by atoms with Crippen LogP contribution < -0.4 is 0 Å². The summed E-state index contributed by atoms with van der Waals surface area (Å²) in [7, 11) is -3.53. The van der Waals surface area contributed by atoms with Gasteiger partial charge in [0.1, 0.15) is 5.82 Å². The van der Waals surface area contributed by atoms with Gasteiger partial charge >= 0.3 is 0 Å². The second-order valence-corrected chi connectivity index (χ2v) is 7.91. The summed E-state index contributed by atoms with van der Waals surface area (Å²) < 4.78 is 40.8. The molecule has 1 heterocycles. The first kappa shape index (κ1) is 14.3. The minimum atomic E-state index is -3.53. The van der Waals surface area contributed by atoms with Crippen molar-refractivity contribution in [3.05, 3.63) is 29.1 Å². The largest absolute Gasteiger partial charge is 0.243 e. The molecule has 0 N–H and O–H groups in total. The highest BCUT2D eigenvalue weighted by molar-refractivity contribution is 7.89. The number of hydrogen-bond acceptors (Lipinski definition) is 2. The van der Waals surface area contributed by atoms with Crippen molar-refractivity contribution in [2.75, 3.05) is 6.54 Å². The highest BCUT2D eigenvalue weighted by Crippen LogP contribution is 2.40. The number of benzene rings is 1. The first-order chi connectivity index (χ1) is 9.43. The number of piperidine rings is 1. The van der Waals surface area contributed by atoms with Crippen LogP contribution in [0.3, 0.4) is 0 Å². The van der Waals surface area contributed by atoms with Gasteiger partial charge in [0, 0.05) is 18.2 Å². The van der Waals surface area contributed by atoms with Crippen LogP contribution in [0.5, 0.6) is 0 Å². The van der Waals surface area contributed by atoms with Gasteiger partial charge in [0.25, 0.3) is 0 Å². The SMILES string of the molecule is Cc1cc(S(=O)(=O)N2CC3CCC2C3)cc(CCl)c1F. The average molecular weight is 318 g/mol. The van der Waals surface area contributed by atoms with E-state index in [-0.39, 0.29) is 22.4 Å². The Kier molecular flexibility index (Phi) is 3.55. The van der Waals surface area contributed by atoms with Crippen LogP contribution in [0.25, 0.3) is 0 Å². The van der Waals surface area contributed by atoms with E-state index in [1.807, 2.05) is 0 Å². The molecule has 1 aliphatic heterocycles. The Bertz CT molecular complexity index is 647. The zero-order valence-corrected chi connectivity index (χ0v) is 12.8. The summed E-state index contributed by atoms with van der Waals surface area (Å²) >= 11 is 5.70. The smallest absolute Gasteiger partial charge is 0.207 e. The fourth-order valence-electron chi connectivity index (χ4n) is 3.36. The summed E-state index contributed by atoms with van der Waals surface area (Å²) in [6.45, 7) is 2.17. The van der Waals surface area contributed by atoms with Gasteiger partial charge in [0.15, 0.2) is 0 Å². The maximum absolute atomic E-state index is 13.8. The van der Waals surface area contributed by atoms with Crippen molar-refractivity contribution in [3.8, 4) is 0 Å². The topological polar surface area (TPSA) is 37.4 Å². The molecule has 20 heavy (non-hydrogen) atoms. The summed E-state index contributed by atoms with van der Waals surface area (Å²) in [4.78, 5) is 0.166. The molecule has 2 fully saturated rings. The molecule has 1 saturated carbocycles. The molecule has 0 spiro atoms. The molecule has 6 heteroatoms. The maximum Gasteiger partial charge on any atom is 0.243 e. The lowest BCUT2D eigenvalue weighted by Crippen LogP contribution is -2.37. The van der Waals surface area contributed by atoms with Crippen molar-refractivity contribution in [2.45, 2.75) is 43.0 Å². The molecule has 110 valence electrons. The molecule has 2 aliphatic rings. The van der Waals surface area contributed by atoms with Gasteiger partial charge in [0.05, 0.1) is 10.8 Å². The third-order valence-corrected chi connectivity index (χ3v) is 6.60. The molecular weight excluding hydrogens is 301 g/mol. The van der Waals surface area contributed by atoms with E-state index in [4.69, 9.17) is 11.6 Å². The monoisotopic (exact) mass is 317 g/mol. The molecule has 1 aliphatic carbocycles. The summed E-state index contributed by atoms with van der Waals surface area (Å²) in [5.74, 6) is 0.0490. The molecule has 2 bridgehead atoms. The lowest BCUT2D eigenvalue weighted by molar-refractivity contribution is 0.333. The van der Waals surface area contributed by atoms with Crippen LogP contribution in [0.2, 0.25) is 0 Å². The van der Waals surface area contributed by atoms with E-state index >= 15 is 0 Å². The summed E-state index contributed by atoms with van der Waals surface area (Å²) in [6, 6.07) is 2.90. The minimum Gasteiger partial charge on any atom is -0.207 e. The van der Waals surface area contributed by atoms with Crippen LogP contribution in [-0.4, -0.2) is 25.3 Å². The fourth-order valence-corrected chi connectivity index (χ4v) is 5.44. The van der Waals surface area contributed by atoms with E-state index in [1.54, 1.807) is 11.2 Å². The summed E-state index contributed by atoms with van der Waals surface area (Å²) in [5.41, 5.74) is 0.570. The Morgan fingerprint density at radius 1 is 1.40 bits per heavy atom. The average Bonchev–Trinajstić information content (AvgIpc) is 3.04. The molecular formula is C14H17ClFNO2S. The van der Waals surface area contributed by atoms with Crippen LogP contribution in [0, 0.1) is 18.7 Å². The van der Waals surface area contributed by atoms with E-state index in [0.717, 1.165) is 19.3 Å². The van der Waals surface area contributed by atoms with Gasteiger partial charge in [-0.3, -0.25) is 0 Å². The second kappa shape index (κ2) is 4.97. The number of rotatable bonds is 3. The predicted molar refractivity (Wildman–Crippen MR) is 75.7 cm³/mol. The molecule has 1 saturated heterocycles. The molecule has 3 rings (SSSR count). The number of fused-ring (bicyclic) bond motifs is 2. The van der Waals surface area contributed by atoms with Gasteiger partial charge in [-0.05, 0) is 49.8 Å². The molecule has 2 atom stereocenters. The number of halogens is 2. The van der Waals surface area contributed by atoms with E-state index in [1.165, 1.54) is 12.1 Å². The van der Waals surface area contributed by atoms with Crippen molar-refractivity contribution >= 4 is 21.6 Å². The van der Waals surface area contributed by atoms with Crippen LogP contribution in [0.1, 0.15) is 30.4 Å². The van der Waals surface area contributed by atoms with E-state index in [2.05, 4.69) is 0 Å². The van der Waals surface area contributed by atoms with Crippen LogP contribution in [-0.2, 0) is 15.9 Å².